The molecule has 0 unspecified atom stereocenters. The van der Waals surface area contributed by atoms with Gasteiger partial charge in [-0.1, -0.05) is 60.7 Å². The molecular weight excluding hydrogens is 244 g/mol. The summed E-state index contributed by atoms with van der Waals surface area (Å²) in [6.45, 7) is 0. The fourth-order valence-corrected chi connectivity index (χ4v) is 2.77. The van der Waals surface area contributed by atoms with E-state index in [1.165, 1.54) is 0 Å². The van der Waals surface area contributed by atoms with Crippen LogP contribution in [0.4, 0.5) is 0 Å². The number of hydrogen-bond donors (Lipinski definition) is 0. The maximum absolute atomic E-state index is 12.7. The van der Waals surface area contributed by atoms with E-state index in [0.717, 1.165) is 32.3 Å². The molecule has 4 rings (SSSR count). The molecule has 0 bridgehead atoms. The minimum Gasteiger partial charge on any atom is -0.289 e. The first-order valence-electron chi connectivity index (χ1n) is 6.67. The summed E-state index contributed by atoms with van der Waals surface area (Å²) in [5.41, 5.74) is 0.103. The Balaban J connectivity index is 2.31. The van der Waals surface area contributed by atoms with Crippen molar-refractivity contribution in [3.63, 3.8) is 0 Å². The number of hydrogen-bond acceptors (Lipinski definition) is 1. The van der Waals surface area contributed by atoms with Gasteiger partial charge in [-0.05, 0) is 33.7 Å². The van der Waals surface area contributed by atoms with E-state index in [4.69, 9.17) is 0 Å². The molecule has 0 aromatic heterocycles. The molecule has 0 fully saturated rings. The van der Waals surface area contributed by atoms with Crippen molar-refractivity contribution in [3.8, 4) is 0 Å². The summed E-state index contributed by atoms with van der Waals surface area (Å²) in [5.74, 6) is 0. The van der Waals surface area contributed by atoms with Crippen LogP contribution in [0.25, 0.3) is 32.3 Å². The summed E-state index contributed by atoms with van der Waals surface area (Å²) in [7, 11) is 0. The van der Waals surface area contributed by atoms with Gasteiger partial charge in [0, 0.05) is 10.8 Å². The Morgan fingerprint density at radius 1 is 0.500 bits per heavy atom. The molecule has 0 atom stereocenters. The van der Waals surface area contributed by atoms with Gasteiger partial charge < -0.3 is 0 Å². The van der Waals surface area contributed by atoms with Crippen molar-refractivity contribution in [2.45, 2.75) is 0 Å². The molecule has 94 valence electrons. The summed E-state index contributed by atoms with van der Waals surface area (Å²) in [6.07, 6.45) is 0. The molecule has 4 aromatic carbocycles. The molecule has 20 heavy (non-hydrogen) atoms. The molecule has 0 aliphatic heterocycles. The first-order chi connectivity index (χ1) is 9.83. The smallest absolute Gasteiger partial charge is 0.194 e. The Hall–Kier alpha value is -2.67. The lowest BCUT2D eigenvalue weighted by atomic mass is 10.1. The fraction of sp³-hybridized carbons (Fsp3) is 0. The molecule has 0 amide bonds. The Labute approximate surface area is 116 Å². The van der Waals surface area contributed by atoms with E-state index in [0.29, 0.717) is 0 Å². The third kappa shape index (κ3) is 1.60. The van der Waals surface area contributed by atoms with E-state index in [9.17, 15) is 4.79 Å². The van der Waals surface area contributed by atoms with Crippen LogP contribution < -0.4 is 5.43 Å². The molecule has 0 saturated carbocycles. The minimum absolute atomic E-state index is 0.103. The maximum Gasteiger partial charge on any atom is 0.194 e. The lowest BCUT2D eigenvalue weighted by molar-refractivity contribution is 1.76. The number of fused-ring (bicyclic) bond motifs is 3. The van der Waals surface area contributed by atoms with Crippen molar-refractivity contribution in [1.29, 1.82) is 0 Å². The van der Waals surface area contributed by atoms with Gasteiger partial charge in [-0.25, -0.2) is 0 Å². The summed E-state index contributed by atoms with van der Waals surface area (Å²) in [5, 5.41) is 5.80. The second-order valence-electron chi connectivity index (χ2n) is 5.04. The molecule has 1 heteroatoms. The highest BCUT2D eigenvalue weighted by Crippen LogP contribution is 2.22. The molecule has 0 heterocycles. The van der Waals surface area contributed by atoms with Gasteiger partial charge in [0.25, 0.3) is 0 Å². The van der Waals surface area contributed by atoms with Crippen molar-refractivity contribution in [3.05, 3.63) is 83.0 Å². The van der Waals surface area contributed by atoms with Crippen LogP contribution in [-0.4, -0.2) is 0 Å². The number of benzene rings is 3. The third-order valence-corrected chi connectivity index (χ3v) is 3.81. The van der Waals surface area contributed by atoms with Gasteiger partial charge in [0.2, 0.25) is 0 Å². The summed E-state index contributed by atoms with van der Waals surface area (Å²) in [4.78, 5) is 12.7. The zero-order valence-corrected chi connectivity index (χ0v) is 10.8. The van der Waals surface area contributed by atoms with E-state index in [1.807, 2.05) is 60.7 Å². The van der Waals surface area contributed by atoms with E-state index >= 15 is 0 Å². The van der Waals surface area contributed by atoms with E-state index in [1.54, 1.807) is 0 Å². The minimum atomic E-state index is 0.103. The van der Waals surface area contributed by atoms with Crippen LogP contribution in [0, 0.1) is 0 Å². The average molecular weight is 256 g/mol. The molecule has 4 aromatic rings. The highest BCUT2D eigenvalue weighted by Gasteiger charge is 2.03. The number of rotatable bonds is 0. The van der Waals surface area contributed by atoms with Crippen molar-refractivity contribution < 1.29 is 0 Å². The van der Waals surface area contributed by atoms with Crippen molar-refractivity contribution in [2.24, 2.45) is 0 Å². The second-order valence-corrected chi connectivity index (χ2v) is 5.04. The highest BCUT2D eigenvalue weighted by molar-refractivity contribution is 6.01. The van der Waals surface area contributed by atoms with Crippen molar-refractivity contribution >= 4 is 32.3 Å². The van der Waals surface area contributed by atoms with Crippen LogP contribution in [0.2, 0.25) is 0 Å². The largest absolute Gasteiger partial charge is 0.289 e. The van der Waals surface area contributed by atoms with Gasteiger partial charge >= 0.3 is 0 Å². The Bertz CT molecular complexity index is 1020. The average Bonchev–Trinajstić information content (AvgIpc) is 2.64. The molecule has 0 spiro atoms. The van der Waals surface area contributed by atoms with Crippen LogP contribution in [0.5, 0.6) is 0 Å². The monoisotopic (exact) mass is 256 g/mol. The molecule has 0 saturated heterocycles. The van der Waals surface area contributed by atoms with Gasteiger partial charge in [0.05, 0.1) is 0 Å². The van der Waals surface area contributed by atoms with Crippen molar-refractivity contribution in [2.75, 3.05) is 0 Å². The first-order valence-corrected chi connectivity index (χ1v) is 6.67. The van der Waals surface area contributed by atoms with Crippen LogP contribution in [0.3, 0.4) is 0 Å². The Morgan fingerprint density at radius 3 is 1.90 bits per heavy atom. The summed E-state index contributed by atoms with van der Waals surface area (Å²) in [6, 6.07) is 24.0. The topological polar surface area (TPSA) is 17.1 Å². The summed E-state index contributed by atoms with van der Waals surface area (Å²) >= 11 is 0. The normalized spacial score (nSPS) is 11.2. The second kappa shape index (κ2) is 4.17. The molecular formula is C19H12O. The predicted octanol–water partition coefficient (Wildman–Crippen LogP) is 4.51. The molecule has 0 radical (unpaired) electrons. The van der Waals surface area contributed by atoms with Gasteiger partial charge in [-0.2, -0.15) is 0 Å². The van der Waals surface area contributed by atoms with E-state index in [-0.39, 0.29) is 5.43 Å². The van der Waals surface area contributed by atoms with E-state index < -0.39 is 0 Å². The molecule has 0 aliphatic rings. The van der Waals surface area contributed by atoms with Crippen molar-refractivity contribution in [1.82, 2.24) is 0 Å². The zero-order valence-electron chi connectivity index (χ0n) is 10.8. The zero-order chi connectivity index (χ0) is 13.5. The molecule has 0 N–H and O–H groups in total. The van der Waals surface area contributed by atoms with Gasteiger partial charge in [0.1, 0.15) is 0 Å². The Morgan fingerprint density at radius 2 is 1.10 bits per heavy atom. The standard InChI is InChI=1S/C19H12O/c20-19-17-8-4-3-5-13(17)9-10-16-11-14-6-1-2-7-15(14)12-18(16)19/h1-12H. The molecule has 1 nitrogen and oxygen atoms in total. The van der Waals surface area contributed by atoms with Gasteiger partial charge in [-0.3, -0.25) is 4.79 Å². The summed E-state index contributed by atoms with van der Waals surface area (Å²) < 4.78 is 0. The van der Waals surface area contributed by atoms with Gasteiger partial charge in [0.15, 0.2) is 5.43 Å². The lowest BCUT2D eigenvalue weighted by Crippen LogP contribution is -1.97. The van der Waals surface area contributed by atoms with Gasteiger partial charge in [-0.15, -0.1) is 0 Å². The van der Waals surface area contributed by atoms with Crippen LogP contribution in [0.15, 0.2) is 77.6 Å². The van der Waals surface area contributed by atoms with Crippen LogP contribution in [-0.2, 0) is 0 Å². The highest BCUT2D eigenvalue weighted by atomic mass is 16.1. The van der Waals surface area contributed by atoms with Crippen LogP contribution in [0.1, 0.15) is 0 Å². The van der Waals surface area contributed by atoms with E-state index in [2.05, 4.69) is 12.1 Å². The Kier molecular flexibility index (Phi) is 2.33. The SMILES string of the molecule is O=c1c2ccccc2ccc2cc3ccccc3cc12. The van der Waals surface area contributed by atoms with Crippen LogP contribution >= 0.6 is 0 Å². The predicted molar refractivity (Wildman–Crippen MR) is 85.2 cm³/mol. The lowest BCUT2D eigenvalue weighted by Gasteiger charge is -1.98. The molecule has 0 aliphatic carbocycles. The maximum atomic E-state index is 12.7. The third-order valence-electron chi connectivity index (χ3n) is 3.81. The fourth-order valence-electron chi connectivity index (χ4n) is 2.77. The first kappa shape index (κ1) is 11.2. The quantitative estimate of drug-likeness (QED) is 0.452.